The highest BCUT2D eigenvalue weighted by Gasteiger charge is 2.19. The van der Waals surface area contributed by atoms with E-state index in [1.54, 1.807) is 18.3 Å². The third-order valence-corrected chi connectivity index (χ3v) is 2.97. The van der Waals surface area contributed by atoms with Crippen LogP contribution >= 0.6 is 15.9 Å². The van der Waals surface area contributed by atoms with Crippen molar-refractivity contribution in [1.82, 2.24) is 9.88 Å². The average Bonchev–Trinajstić information content (AvgIpc) is 2.25. The zero-order valence-corrected chi connectivity index (χ0v) is 11.5. The molecule has 16 heavy (non-hydrogen) atoms. The third kappa shape index (κ3) is 3.04. The fourth-order valence-corrected chi connectivity index (χ4v) is 1.96. The number of aromatic nitrogens is 1. The van der Waals surface area contributed by atoms with Gasteiger partial charge < -0.3 is 4.90 Å². The van der Waals surface area contributed by atoms with Gasteiger partial charge in [0.15, 0.2) is 0 Å². The van der Waals surface area contributed by atoms with Crippen LogP contribution in [0.2, 0.25) is 0 Å². The molecule has 0 radical (unpaired) electrons. The van der Waals surface area contributed by atoms with Crippen molar-refractivity contribution < 1.29 is 4.79 Å². The maximum absolute atomic E-state index is 12.3. The van der Waals surface area contributed by atoms with Gasteiger partial charge in [0.25, 0.3) is 5.91 Å². The van der Waals surface area contributed by atoms with Gasteiger partial charge in [0, 0.05) is 18.8 Å². The number of pyridine rings is 1. The van der Waals surface area contributed by atoms with Crippen LogP contribution in [0, 0.1) is 0 Å². The molecule has 0 unspecified atom stereocenters. The Hall–Kier alpha value is -0.900. The molecule has 0 saturated heterocycles. The molecule has 0 bridgehead atoms. The quantitative estimate of drug-likeness (QED) is 0.796. The highest BCUT2D eigenvalue weighted by atomic mass is 79.9. The van der Waals surface area contributed by atoms with Crippen LogP contribution in [0.5, 0.6) is 0 Å². The van der Waals surface area contributed by atoms with Gasteiger partial charge in [0.1, 0.15) is 4.60 Å². The number of hydrogen-bond donors (Lipinski definition) is 0. The number of carbonyl (C=O) groups is 1. The molecule has 0 aliphatic heterocycles. The molecule has 0 aliphatic rings. The Morgan fingerprint density at radius 1 is 1.56 bits per heavy atom. The first-order chi connectivity index (χ1) is 7.57. The maximum Gasteiger partial charge on any atom is 0.256 e. The molecule has 4 heteroatoms. The van der Waals surface area contributed by atoms with Crippen molar-refractivity contribution in [2.75, 3.05) is 6.54 Å². The smallest absolute Gasteiger partial charge is 0.256 e. The average molecular weight is 285 g/mol. The van der Waals surface area contributed by atoms with E-state index in [0.29, 0.717) is 10.2 Å². The second kappa shape index (κ2) is 5.99. The van der Waals surface area contributed by atoms with Gasteiger partial charge in [0.05, 0.1) is 5.56 Å². The van der Waals surface area contributed by atoms with Crippen LogP contribution in [-0.2, 0) is 0 Å². The second-order valence-corrected chi connectivity index (χ2v) is 4.69. The van der Waals surface area contributed by atoms with E-state index in [2.05, 4.69) is 27.8 Å². The molecular formula is C12H17BrN2O. The first kappa shape index (κ1) is 13.2. The largest absolute Gasteiger partial charge is 0.336 e. The van der Waals surface area contributed by atoms with E-state index >= 15 is 0 Å². The monoisotopic (exact) mass is 284 g/mol. The van der Waals surface area contributed by atoms with Gasteiger partial charge in [-0.1, -0.05) is 6.92 Å². The van der Waals surface area contributed by atoms with Gasteiger partial charge in [-0.2, -0.15) is 0 Å². The van der Waals surface area contributed by atoms with Crippen LogP contribution in [0.4, 0.5) is 0 Å². The van der Waals surface area contributed by atoms with Gasteiger partial charge in [-0.15, -0.1) is 0 Å². The molecule has 0 saturated carbocycles. The highest BCUT2D eigenvalue weighted by molar-refractivity contribution is 9.10. The topological polar surface area (TPSA) is 33.2 Å². The van der Waals surface area contributed by atoms with E-state index in [-0.39, 0.29) is 11.9 Å². The minimum absolute atomic E-state index is 0.0387. The zero-order valence-electron chi connectivity index (χ0n) is 9.90. The van der Waals surface area contributed by atoms with Crippen molar-refractivity contribution in [3.63, 3.8) is 0 Å². The molecule has 0 fully saturated rings. The number of rotatable bonds is 4. The van der Waals surface area contributed by atoms with E-state index in [1.165, 1.54) is 0 Å². The van der Waals surface area contributed by atoms with Gasteiger partial charge in [0.2, 0.25) is 0 Å². The predicted molar refractivity (Wildman–Crippen MR) is 68.4 cm³/mol. The molecule has 1 rings (SSSR count). The van der Waals surface area contributed by atoms with Crippen molar-refractivity contribution in [1.29, 1.82) is 0 Å². The molecule has 0 aromatic carbocycles. The lowest BCUT2D eigenvalue weighted by Crippen LogP contribution is -2.37. The van der Waals surface area contributed by atoms with E-state index in [9.17, 15) is 4.79 Å². The van der Waals surface area contributed by atoms with Gasteiger partial charge in [-0.25, -0.2) is 4.98 Å². The number of hydrogen-bond acceptors (Lipinski definition) is 2. The lowest BCUT2D eigenvalue weighted by molar-refractivity contribution is 0.0704. The first-order valence-corrected chi connectivity index (χ1v) is 6.28. The first-order valence-electron chi connectivity index (χ1n) is 5.49. The molecular weight excluding hydrogens is 268 g/mol. The van der Waals surface area contributed by atoms with Crippen molar-refractivity contribution in [2.24, 2.45) is 0 Å². The Kier molecular flexibility index (Phi) is 4.93. The summed E-state index contributed by atoms with van der Waals surface area (Å²) in [5.74, 6) is 0.0387. The number of carbonyl (C=O) groups excluding carboxylic acids is 1. The van der Waals surface area contributed by atoms with Crippen molar-refractivity contribution >= 4 is 21.8 Å². The Labute approximate surface area is 105 Å². The summed E-state index contributed by atoms with van der Waals surface area (Å²) in [6.45, 7) is 6.90. The Bertz CT molecular complexity index is 366. The van der Waals surface area contributed by atoms with Gasteiger partial charge >= 0.3 is 0 Å². The normalized spacial score (nSPS) is 10.6. The Morgan fingerprint density at radius 2 is 2.25 bits per heavy atom. The standard InChI is InChI=1S/C12H17BrN2O/c1-4-8-15(9(2)3)12(16)10-6-5-7-14-11(10)13/h5-7,9H,4,8H2,1-3H3. The maximum atomic E-state index is 12.3. The highest BCUT2D eigenvalue weighted by Crippen LogP contribution is 2.16. The fraction of sp³-hybridized carbons (Fsp3) is 0.500. The van der Waals surface area contributed by atoms with E-state index in [0.717, 1.165) is 13.0 Å². The summed E-state index contributed by atoms with van der Waals surface area (Å²) in [5.41, 5.74) is 0.629. The summed E-state index contributed by atoms with van der Waals surface area (Å²) >= 11 is 3.31. The van der Waals surface area contributed by atoms with Crippen LogP contribution in [0.25, 0.3) is 0 Å². The predicted octanol–water partition coefficient (Wildman–Crippen LogP) is 3.10. The summed E-state index contributed by atoms with van der Waals surface area (Å²) < 4.78 is 0.613. The van der Waals surface area contributed by atoms with E-state index in [4.69, 9.17) is 0 Å². The Morgan fingerprint density at radius 3 is 2.75 bits per heavy atom. The molecule has 0 atom stereocenters. The summed E-state index contributed by atoms with van der Waals surface area (Å²) in [6, 6.07) is 3.78. The number of amides is 1. The second-order valence-electron chi connectivity index (χ2n) is 3.93. The molecule has 0 spiro atoms. The number of nitrogens with zero attached hydrogens (tertiary/aromatic N) is 2. The molecule has 0 aliphatic carbocycles. The lowest BCUT2D eigenvalue weighted by Gasteiger charge is -2.26. The van der Waals surface area contributed by atoms with Crippen LogP contribution in [-0.4, -0.2) is 28.4 Å². The minimum Gasteiger partial charge on any atom is -0.336 e. The van der Waals surface area contributed by atoms with Crippen LogP contribution in [0.3, 0.4) is 0 Å². The summed E-state index contributed by atoms with van der Waals surface area (Å²) in [6.07, 6.45) is 2.63. The minimum atomic E-state index is 0.0387. The summed E-state index contributed by atoms with van der Waals surface area (Å²) in [5, 5.41) is 0. The molecule has 0 N–H and O–H groups in total. The third-order valence-electron chi connectivity index (χ3n) is 2.34. The molecule has 1 amide bonds. The molecule has 1 aromatic heterocycles. The van der Waals surface area contributed by atoms with Crippen molar-refractivity contribution in [2.45, 2.75) is 33.2 Å². The van der Waals surface area contributed by atoms with Crippen LogP contribution in [0.1, 0.15) is 37.6 Å². The van der Waals surface area contributed by atoms with Crippen molar-refractivity contribution in [3.05, 3.63) is 28.5 Å². The lowest BCUT2D eigenvalue weighted by atomic mass is 10.2. The zero-order chi connectivity index (χ0) is 12.1. The number of halogens is 1. The van der Waals surface area contributed by atoms with Gasteiger partial charge in [-0.05, 0) is 48.3 Å². The van der Waals surface area contributed by atoms with E-state index in [1.807, 2.05) is 18.7 Å². The van der Waals surface area contributed by atoms with E-state index < -0.39 is 0 Å². The van der Waals surface area contributed by atoms with Crippen LogP contribution < -0.4 is 0 Å². The van der Waals surface area contributed by atoms with Crippen LogP contribution in [0.15, 0.2) is 22.9 Å². The SMILES string of the molecule is CCCN(C(=O)c1cccnc1Br)C(C)C. The molecule has 1 aromatic rings. The molecule has 3 nitrogen and oxygen atoms in total. The van der Waals surface area contributed by atoms with Gasteiger partial charge in [-0.3, -0.25) is 4.79 Å². The molecule has 1 heterocycles. The summed E-state index contributed by atoms with van der Waals surface area (Å²) in [7, 11) is 0. The van der Waals surface area contributed by atoms with Crippen molar-refractivity contribution in [3.8, 4) is 0 Å². The Balaban J connectivity index is 2.95. The molecule has 88 valence electrons. The summed E-state index contributed by atoms with van der Waals surface area (Å²) in [4.78, 5) is 18.2. The fourth-order valence-electron chi connectivity index (χ4n) is 1.54.